The second kappa shape index (κ2) is 11.2. The number of nitrogens with zero attached hydrogens (tertiary/aromatic N) is 2. The number of hydrogen-bond acceptors (Lipinski definition) is 6. The van der Waals surface area contributed by atoms with E-state index in [1.807, 2.05) is 31.2 Å². The number of fused-ring (bicyclic) bond motifs is 1. The van der Waals surface area contributed by atoms with Crippen LogP contribution >= 0.6 is 0 Å². The van der Waals surface area contributed by atoms with E-state index in [-0.39, 0.29) is 41.2 Å². The number of carbonyl (C=O) groups excluding carboxylic acids is 1. The Morgan fingerprint density at radius 3 is 2.66 bits per heavy atom. The highest BCUT2D eigenvalue weighted by atomic mass is 19.4. The van der Waals surface area contributed by atoms with Crippen LogP contribution in [0.4, 0.5) is 13.2 Å². The molecule has 2 heterocycles. The van der Waals surface area contributed by atoms with E-state index >= 15 is 0 Å². The molecule has 0 radical (unpaired) electrons. The molecule has 4 rings (SSSR count). The minimum absolute atomic E-state index is 0.000911. The number of allylic oxidation sites excluding steroid dienone is 5. The van der Waals surface area contributed by atoms with E-state index in [0.29, 0.717) is 16.9 Å². The van der Waals surface area contributed by atoms with Gasteiger partial charge in [-0.15, -0.1) is 0 Å². The van der Waals surface area contributed by atoms with E-state index in [0.717, 1.165) is 30.9 Å². The summed E-state index contributed by atoms with van der Waals surface area (Å²) in [5.41, 5.74) is 6.22. The molecule has 38 heavy (non-hydrogen) atoms. The molecule has 1 aliphatic rings. The number of halogens is 3. The summed E-state index contributed by atoms with van der Waals surface area (Å²) in [5, 5.41) is 3.31. The fraction of sp³-hybridized carbons (Fsp3) is 0.321. The van der Waals surface area contributed by atoms with Gasteiger partial charge in [-0.25, -0.2) is 9.97 Å². The minimum Gasteiger partial charge on any atom is -0.494 e. The fourth-order valence-electron chi connectivity index (χ4n) is 4.50. The number of benzene rings is 1. The van der Waals surface area contributed by atoms with E-state index in [1.165, 1.54) is 19.2 Å². The fourth-order valence-corrected chi connectivity index (χ4v) is 4.50. The van der Waals surface area contributed by atoms with Crippen molar-refractivity contribution in [2.75, 3.05) is 7.11 Å². The summed E-state index contributed by atoms with van der Waals surface area (Å²) in [7, 11) is 1.35. The first-order chi connectivity index (χ1) is 18.1. The van der Waals surface area contributed by atoms with Crippen LogP contribution in [-0.4, -0.2) is 29.0 Å². The third-order valence-corrected chi connectivity index (χ3v) is 6.42. The molecule has 3 aromatic rings. The smallest absolute Gasteiger partial charge is 0.433 e. The summed E-state index contributed by atoms with van der Waals surface area (Å²) in [6.45, 7) is 5.94. The summed E-state index contributed by atoms with van der Waals surface area (Å²) in [5.74, 6) is 0.425. The summed E-state index contributed by atoms with van der Waals surface area (Å²) in [4.78, 5) is 21.1. The number of aromatic nitrogens is 2. The zero-order chi connectivity index (χ0) is 27.4. The maximum atomic E-state index is 13.3. The summed E-state index contributed by atoms with van der Waals surface area (Å²) < 4.78 is 50.8. The summed E-state index contributed by atoms with van der Waals surface area (Å²) in [6, 6.07) is 5.23. The highest BCUT2D eigenvalue weighted by Crippen LogP contribution is 2.37. The molecule has 1 amide bonds. The molecule has 0 unspecified atom stereocenters. The van der Waals surface area contributed by atoms with Crippen LogP contribution in [0.2, 0.25) is 0 Å². The van der Waals surface area contributed by atoms with Gasteiger partial charge in [0, 0.05) is 17.0 Å². The van der Waals surface area contributed by atoms with Crippen LogP contribution in [0, 0.1) is 5.92 Å². The number of alkyl halides is 3. The van der Waals surface area contributed by atoms with E-state index in [9.17, 15) is 18.0 Å². The number of oxazole rings is 1. The van der Waals surface area contributed by atoms with Crippen molar-refractivity contribution in [2.24, 2.45) is 11.7 Å². The van der Waals surface area contributed by atoms with Gasteiger partial charge in [-0.1, -0.05) is 36.5 Å². The number of carbonyl (C=O) groups is 1. The van der Waals surface area contributed by atoms with Crippen molar-refractivity contribution in [3.05, 3.63) is 77.9 Å². The van der Waals surface area contributed by atoms with Crippen LogP contribution in [0.5, 0.6) is 5.75 Å². The molecule has 10 heteroatoms. The first kappa shape index (κ1) is 27.1. The van der Waals surface area contributed by atoms with Crippen molar-refractivity contribution in [3.8, 4) is 17.2 Å². The quantitative estimate of drug-likeness (QED) is 0.334. The Morgan fingerprint density at radius 1 is 1.24 bits per heavy atom. The lowest BCUT2D eigenvalue weighted by Gasteiger charge is -2.36. The Balaban J connectivity index is 1.52. The molecule has 0 spiro atoms. The monoisotopic (exact) mass is 526 g/mol. The average Bonchev–Trinajstić information content (AvgIpc) is 3.30. The number of methoxy groups -OCH3 is 1. The SMILES string of the molecule is C=C(/C=C\C=C/C)CC1CC(NC(=O)c2nc(-c3ccc(OC)c4nc(C(F)(F)F)ccc34)oc2CN)C1. The number of amides is 1. The van der Waals surface area contributed by atoms with Gasteiger partial charge in [-0.2, -0.15) is 13.2 Å². The third kappa shape index (κ3) is 5.80. The van der Waals surface area contributed by atoms with E-state index in [2.05, 4.69) is 21.9 Å². The van der Waals surface area contributed by atoms with Crippen LogP contribution in [0.25, 0.3) is 22.4 Å². The molecule has 0 saturated heterocycles. The van der Waals surface area contributed by atoms with Gasteiger partial charge in [0.05, 0.1) is 13.7 Å². The molecule has 0 atom stereocenters. The number of ether oxygens (including phenoxy) is 1. The van der Waals surface area contributed by atoms with Gasteiger partial charge >= 0.3 is 6.18 Å². The predicted octanol–water partition coefficient (Wildman–Crippen LogP) is 5.96. The van der Waals surface area contributed by atoms with Crippen molar-refractivity contribution in [1.82, 2.24) is 15.3 Å². The van der Waals surface area contributed by atoms with Crippen molar-refractivity contribution in [3.63, 3.8) is 0 Å². The van der Waals surface area contributed by atoms with Gasteiger partial charge in [0.25, 0.3) is 5.91 Å². The Labute approximate surface area is 218 Å². The van der Waals surface area contributed by atoms with Crippen molar-refractivity contribution < 1.29 is 27.1 Å². The van der Waals surface area contributed by atoms with Gasteiger partial charge in [0.2, 0.25) is 5.89 Å². The lowest BCUT2D eigenvalue weighted by molar-refractivity contribution is -0.140. The molecular formula is C28H29F3N4O3. The van der Waals surface area contributed by atoms with Gasteiger partial charge in [-0.05, 0) is 56.4 Å². The van der Waals surface area contributed by atoms with Crippen LogP contribution < -0.4 is 15.8 Å². The van der Waals surface area contributed by atoms with Crippen LogP contribution in [0.15, 0.2) is 65.1 Å². The zero-order valence-electron chi connectivity index (χ0n) is 21.1. The second-order valence-electron chi connectivity index (χ2n) is 9.16. The van der Waals surface area contributed by atoms with E-state index in [4.69, 9.17) is 14.9 Å². The number of hydrogen-bond donors (Lipinski definition) is 2. The Kier molecular flexibility index (Phi) is 8.01. The number of rotatable bonds is 9. The van der Waals surface area contributed by atoms with Gasteiger partial charge < -0.3 is 20.2 Å². The number of pyridine rings is 1. The maximum Gasteiger partial charge on any atom is 0.433 e. The van der Waals surface area contributed by atoms with Crippen LogP contribution in [-0.2, 0) is 12.7 Å². The average molecular weight is 527 g/mol. The molecule has 3 N–H and O–H groups in total. The van der Waals surface area contributed by atoms with E-state index in [1.54, 1.807) is 6.07 Å². The van der Waals surface area contributed by atoms with Crippen molar-refractivity contribution in [2.45, 2.75) is 44.9 Å². The van der Waals surface area contributed by atoms with Crippen LogP contribution in [0.1, 0.15) is 48.1 Å². The molecule has 2 aromatic heterocycles. The Morgan fingerprint density at radius 2 is 2.00 bits per heavy atom. The zero-order valence-corrected chi connectivity index (χ0v) is 21.1. The Hall–Kier alpha value is -3.92. The number of nitrogens with two attached hydrogens (primary N) is 1. The molecule has 200 valence electrons. The molecule has 1 saturated carbocycles. The summed E-state index contributed by atoms with van der Waals surface area (Å²) in [6.07, 6.45) is 5.71. The lowest BCUT2D eigenvalue weighted by Crippen LogP contribution is -2.44. The number of nitrogens with one attached hydrogen (secondary N) is 1. The van der Waals surface area contributed by atoms with Crippen molar-refractivity contribution >= 4 is 16.8 Å². The molecule has 7 nitrogen and oxygen atoms in total. The second-order valence-corrected chi connectivity index (χ2v) is 9.16. The van der Waals surface area contributed by atoms with E-state index < -0.39 is 17.8 Å². The molecular weight excluding hydrogens is 497 g/mol. The predicted molar refractivity (Wildman–Crippen MR) is 138 cm³/mol. The van der Waals surface area contributed by atoms with Gasteiger partial charge in [0.1, 0.15) is 17.0 Å². The highest BCUT2D eigenvalue weighted by molar-refractivity contribution is 5.98. The van der Waals surface area contributed by atoms with Crippen molar-refractivity contribution in [1.29, 1.82) is 0 Å². The maximum absolute atomic E-state index is 13.3. The Bertz CT molecular complexity index is 1400. The van der Waals surface area contributed by atoms with Crippen LogP contribution in [0.3, 0.4) is 0 Å². The molecule has 1 aromatic carbocycles. The first-order valence-corrected chi connectivity index (χ1v) is 12.2. The minimum atomic E-state index is -4.62. The first-order valence-electron chi connectivity index (χ1n) is 12.2. The topological polar surface area (TPSA) is 103 Å². The lowest BCUT2D eigenvalue weighted by atomic mass is 9.76. The molecule has 1 fully saturated rings. The molecule has 0 aliphatic heterocycles. The van der Waals surface area contributed by atoms with Gasteiger partial charge in [0.15, 0.2) is 11.5 Å². The normalized spacial score (nSPS) is 17.7. The van der Waals surface area contributed by atoms with Gasteiger partial charge in [-0.3, -0.25) is 4.79 Å². The highest BCUT2D eigenvalue weighted by Gasteiger charge is 2.34. The standard InChI is InChI=1S/C28H29F3N4O3/c1-4-5-6-7-16(2)12-17-13-18(14-17)33-26(36)25-22(15-32)38-27(35-25)20-8-10-21(37-3)24-19(20)9-11-23(34-24)28(29,30)31/h4-11,17-18H,2,12-15,32H2,1,3H3,(H,33,36)/b5-4-,7-6-. The molecule has 0 bridgehead atoms. The largest absolute Gasteiger partial charge is 0.494 e. The third-order valence-electron chi connectivity index (χ3n) is 6.42. The summed E-state index contributed by atoms with van der Waals surface area (Å²) >= 11 is 0. The molecule has 1 aliphatic carbocycles.